The molecule has 0 heterocycles. The first-order valence-corrected chi connectivity index (χ1v) is 14.5. The molecule has 0 bridgehead atoms. The van der Waals surface area contributed by atoms with Gasteiger partial charge in [-0.1, -0.05) is 103 Å². The molecule has 0 aromatic heterocycles. The highest BCUT2D eigenvalue weighted by Gasteiger charge is 2.05. The molecule has 0 spiro atoms. The van der Waals surface area contributed by atoms with Gasteiger partial charge in [-0.2, -0.15) is 0 Å². The number of anilines is 1. The average Bonchev–Trinajstić information content (AvgIpc) is 2.87. The second-order valence-electron chi connectivity index (χ2n) is 10.1. The molecule has 0 aliphatic heterocycles. The lowest BCUT2D eigenvalue weighted by Crippen LogP contribution is -2.00. The normalized spacial score (nSPS) is 10.5. The van der Waals surface area contributed by atoms with Crippen LogP contribution in [-0.4, -0.2) is 27.8 Å². The van der Waals surface area contributed by atoms with Gasteiger partial charge in [-0.15, -0.1) is 0 Å². The van der Waals surface area contributed by atoms with Crippen molar-refractivity contribution >= 4 is 11.7 Å². The summed E-state index contributed by atoms with van der Waals surface area (Å²) >= 11 is 0. The Morgan fingerprint density at radius 1 is 0.649 bits per heavy atom. The summed E-state index contributed by atoms with van der Waals surface area (Å²) in [7, 11) is 0. The molecular weight excluding hydrogens is 462 g/mol. The topological polar surface area (TPSA) is 89.8 Å². The Bertz CT molecular complexity index is 835. The van der Waals surface area contributed by atoms with E-state index in [4.69, 9.17) is 10.2 Å². The SMILES string of the molecule is CCCCCCCCCCCCCCCCCCNc1ccc(O)cc1.Cc1cc(O)ccc1C(=O)O. The molecule has 2 aromatic carbocycles. The van der Waals surface area contributed by atoms with E-state index in [1.54, 1.807) is 19.1 Å². The van der Waals surface area contributed by atoms with Crippen LogP contribution in [0.5, 0.6) is 11.5 Å². The van der Waals surface area contributed by atoms with Crippen LogP contribution in [0, 0.1) is 6.92 Å². The number of phenolic OH excluding ortho intramolecular Hbond substituents is 2. The maximum atomic E-state index is 10.5. The lowest BCUT2D eigenvalue weighted by atomic mass is 10.0. The molecule has 37 heavy (non-hydrogen) atoms. The number of benzene rings is 2. The van der Waals surface area contributed by atoms with Crippen LogP contribution in [0.3, 0.4) is 0 Å². The Balaban J connectivity index is 0.000000516. The monoisotopic (exact) mass is 513 g/mol. The lowest BCUT2D eigenvalue weighted by Gasteiger charge is -2.06. The first kappa shape index (κ1) is 32.3. The lowest BCUT2D eigenvalue weighted by molar-refractivity contribution is 0.0696. The number of hydrogen-bond donors (Lipinski definition) is 4. The van der Waals surface area contributed by atoms with E-state index in [0.29, 0.717) is 11.3 Å². The third kappa shape index (κ3) is 17.4. The van der Waals surface area contributed by atoms with Gasteiger partial charge in [0.2, 0.25) is 0 Å². The second kappa shape index (κ2) is 21.4. The summed E-state index contributed by atoms with van der Waals surface area (Å²) in [6, 6.07) is 11.5. The number of aromatic hydroxyl groups is 2. The zero-order chi connectivity index (χ0) is 27.1. The first-order valence-electron chi connectivity index (χ1n) is 14.5. The summed E-state index contributed by atoms with van der Waals surface area (Å²) in [5.74, 6) is -0.548. The smallest absolute Gasteiger partial charge is 0.335 e. The predicted molar refractivity (Wildman–Crippen MR) is 156 cm³/mol. The standard InChI is InChI=1S/C24H43NO.C8H8O3/c1-2-3-4-5-6-7-8-9-10-11-12-13-14-15-16-17-22-25-23-18-20-24(26)21-19-23;1-5-4-6(9)2-3-7(5)8(10)11/h18-21,25-26H,2-17,22H2,1H3;2-4,9H,1H3,(H,10,11). The first-order chi connectivity index (χ1) is 17.9. The van der Waals surface area contributed by atoms with Crippen LogP contribution in [0.25, 0.3) is 0 Å². The molecule has 0 radical (unpaired) electrons. The number of carboxylic acid groups (broad SMARTS) is 1. The molecule has 0 atom stereocenters. The van der Waals surface area contributed by atoms with Crippen molar-refractivity contribution in [3.63, 3.8) is 0 Å². The predicted octanol–water partition coefficient (Wildman–Crippen LogP) is 9.46. The summed E-state index contributed by atoms with van der Waals surface area (Å²) in [6.07, 6.45) is 22.6. The van der Waals surface area contributed by atoms with Gasteiger partial charge in [0, 0.05) is 12.2 Å². The van der Waals surface area contributed by atoms with Gasteiger partial charge < -0.3 is 20.6 Å². The van der Waals surface area contributed by atoms with Crippen LogP contribution >= 0.6 is 0 Å². The molecule has 0 saturated carbocycles. The van der Waals surface area contributed by atoms with Crippen LogP contribution in [0.1, 0.15) is 126 Å². The number of carbonyl (C=O) groups is 1. The largest absolute Gasteiger partial charge is 0.508 e. The third-order valence-corrected chi connectivity index (χ3v) is 6.67. The summed E-state index contributed by atoms with van der Waals surface area (Å²) < 4.78 is 0. The maximum Gasteiger partial charge on any atom is 0.335 e. The molecule has 4 N–H and O–H groups in total. The van der Waals surface area contributed by atoms with Crippen molar-refractivity contribution in [3.05, 3.63) is 53.6 Å². The fraction of sp³-hybridized carbons (Fsp3) is 0.594. The van der Waals surface area contributed by atoms with E-state index in [1.807, 2.05) is 12.1 Å². The molecule has 0 amide bonds. The molecular formula is C32H51NO4. The van der Waals surface area contributed by atoms with Crippen molar-refractivity contribution < 1.29 is 20.1 Å². The minimum absolute atomic E-state index is 0.0903. The minimum Gasteiger partial charge on any atom is -0.508 e. The maximum absolute atomic E-state index is 10.5. The molecule has 2 rings (SSSR count). The highest BCUT2D eigenvalue weighted by Crippen LogP contribution is 2.16. The van der Waals surface area contributed by atoms with Crippen molar-refractivity contribution in [2.75, 3.05) is 11.9 Å². The number of nitrogens with one attached hydrogen (secondary N) is 1. The van der Waals surface area contributed by atoms with E-state index < -0.39 is 5.97 Å². The highest BCUT2D eigenvalue weighted by atomic mass is 16.4. The Morgan fingerprint density at radius 2 is 1.08 bits per heavy atom. The Labute approximate surface area is 225 Å². The summed E-state index contributed by atoms with van der Waals surface area (Å²) in [6.45, 7) is 4.96. The molecule has 0 aliphatic carbocycles. The van der Waals surface area contributed by atoms with Crippen LogP contribution in [-0.2, 0) is 0 Å². The quantitative estimate of drug-likeness (QED) is 0.111. The van der Waals surface area contributed by atoms with Crippen LogP contribution in [0.15, 0.2) is 42.5 Å². The summed E-state index contributed by atoms with van der Waals surface area (Å²) in [5.41, 5.74) is 1.89. The zero-order valence-corrected chi connectivity index (χ0v) is 23.3. The number of aryl methyl sites for hydroxylation is 1. The van der Waals surface area contributed by atoms with Gasteiger partial charge in [0.1, 0.15) is 11.5 Å². The van der Waals surface area contributed by atoms with E-state index in [2.05, 4.69) is 12.2 Å². The Morgan fingerprint density at radius 3 is 1.51 bits per heavy atom. The number of phenols is 2. The minimum atomic E-state index is -0.970. The third-order valence-electron chi connectivity index (χ3n) is 6.67. The van der Waals surface area contributed by atoms with E-state index in [-0.39, 0.29) is 11.3 Å². The Hall–Kier alpha value is -2.69. The van der Waals surface area contributed by atoms with E-state index >= 15 is 0 Å². The van der Waals surface area contributed by atoms with Crippen molar-refractivity contribution in [1.82, 2.24) is 0 Å². The number of carboxylic acids is 1. The van der Waals surface area contributed by atoms with Crippen molar-refractivity contribution in [1.29, 1.82) is 0 Å². The molecule has 208 valence electrons. The van der Waals surface area contributed by atoms with Crippen molar-refractivity contribution in [2.24, 2.45) is 0 Å². The summed E-state index contributed by atoms with van der Waals surface area (Å²) in [5, 5.41) is 30.2. The molecule has 5 nitrogen and oxygen atoms in total. The number of rotatable bonds is 19. The van der Waals surface area contributed by atoms with Gasteiger partial charge in [0.05, 0.1) is 5.56 Å². The molecule has 0 unspecified atom stereocenters. The summed E-state index contributed by atoms with van der Waals surface area (Å²) in [4.78, 5) is 10.5. The van der Waals surface area contributed by atoms with E-state index in [1.165, 1.54) is 121 Å². The van der Waals surface area contributed by atoms with E-state index in [0.717, 1.165) is 12.2 Å². The molecule has 0 saturated heterocycles. The Kier molecular flexibility index (Phi) is 18.7. The number of hydrogen-bond acceptors (Lipinski definition) is 4. The van der Waals surface area contributed by atoms with Crippen LogP contribution in [0.4, 0.5) is 5.69 Å². The molecule has 5 heteroatoms. The molecule has 0 fully saturated rings. The zero-order valence-electron chi connectivity index (χ0n) is 23.3. The van der Waals surface area contributed by atoms with E-state index in [9.17, 15) is 9.90 Å². The van der Waals surface area contributed by atoms with Crippen LogP contribution < -0.4 is 5.32 Å². The number of unbranched alkanes of at least 4 members (excludes halogenated alkanes) is 15. The van der Waals surface area contributed by atoms with Gasteiger partial charge in [0.15, 0.2) is 0 Å². The van der Waals surface area contributed by atoms with Gasteiger partial charge >= 0.3 is 5.97 Å². The van der Waals surface area contributed by atoms with Crippen molar-refractivity contribution in [2.45, 2.75) is 117 Å². The fourth-order valence-electron chi connectivity index (χ4n) is 4.37. The van der Waals surface area contributed by atoms with Gasteiger partial charge in [-0.3, -0.25) is 0 Å². The van der Waals surface area contributed by atoms with Gasteiger partial charge in [-0.05, 0) is 61.4 Å². The fourth-order valence-corrected chi connectivity index (χ4v) is 4.37. The molecule has 2 aromatic rings. The average molecular weight is 514 g/mol. The van der Waals surface area contributed by atoms with Gasteiger partial charge in [0.25, 0.3) is 0 Å². The second-order valence-corrected chi connectivity index (χ2v) is 10.1. The van der Waals surface area contributed by atoms with Crippen molar-refractivity contribution in [3.8, 4) is 11.5 Å². The molecule has 0 aliphatic rings. The number of aromatic carboxylic acids is 1. The van der Waals surface area contributed by atoms with Crippen LogP contribution in [0.2, 0.25) is 0 Å². The van der Waals surface area contributed by atoms with Gasteiger partial charge in [-0.25, -0.2) is 4.79 Å². The highest BCUT2D eigenvalue weighted by molar-refractivity contribution is 5.89.